The van der Waals surface area contributed by atoms with E-state index in [2.05, 4.69) is 9.88 Å². The third-order valence-corrected chi connectivity index (χ3v) is 5.01. The summed E-state index contributed by atoms with van der Waals surface area (Å²) >= 11 is 0. The standard InChI is InChI=1S/C19H24N4O3/c24-18(4-3-15-6-11-25-14-15)23-10-12-26-17(13-23)16-5-7-20-19(21-16)22-8-1-2-9-22/h5-7,11,14,17H,1-4,8-10,12-13H2/t17-/m0/s1. The Morgan fingerprint density at radius 3 is 2.92 bits per heavy atom. The van der Waals surface area contributed by atoms with Crippen molar-refractivity contribution in [3.8, 4) is 0 Å². The molecule has 2 aromatic heterocycles. The average Bonchev–Trinajstić information content (AvgIpc) is 3.40. The van der Waals surface area contributed by atoms with E-state index in [1.807, 2.05) is 17.0 Å². The number of hydrogen-bond acceptors (Lipinski definition) is 6. The highest BCUT2D eigenvalue weighted by Gasteiger charge is 2.27. The van der Waals surface area contributed by atoms with Gasteiger partial charge < -0.3 is 19.0 Å². The molecule has 0 bridgehead atoms. The lowest BCUT2D eigenvalue weighted by Crippen LogP contribution is -2.42. The molecule has 0 saturated carbocycles. The Bertz CT molecular complexity index is 728. The maximum atomic E-state index is 12.5. The first-order valence-electron chi connectivity index (χ1n) is 9.28. The third-order valence-electron chi connectivity index (χ3n) is 5.01. The topological polar surface area (TPSA) is 71.7 Å². The Balaban J connectivity index is 1.38. The Morgan fingerprint density at radius 2 is 2.12 bits per heavy atom. The molecule has 1 atom stereocenters. The predicted molar refractivity (Wildman–Crippen MR) is 95.8 cm³/mol. The second-order valence-corrected chi connectivity index (χ2v) is 6.81. The van der Waals surface area contributed by atoms with Gasteiger partial charge in [0.1, 0.15) is 6.10 Å². The van der Waals surface area contributed by atoms with Crippen molar-refractivity contribution in [1.82, 2.24) is 14.9 Å². The fourth-order valence-corrected chi connectivity index (χ4v) is 3.51. The first-order valence-corrected chi connectivity index (χ1v) is 9.28. The number of carbonyl (C=O) groups excluding carboxylic acids is 1. The van der Waals surface area contributed by atoms with Gasteiger partial charge >= 0.3 is 0 Å². The van der Waals surface area contributed by atoms with Gasteiger partial charge in [0.15, 0.2) is 0 Å². The summed E-state index contributed by atoms with van der Waals surface area (Å²) in [6.45, 7) is 3.72. The summed E-state index contributed by atoms with van der Waals surface area (Å²) in [6.07, 6.45) is 8.48. The van der Waals surface area contributed by atoms with Gasteiger partial charge in [0, 0.05) is 32.3 Å². The highest BCUT2D eigenvalue weighted by molar-refractivity contribution is 5.76. The maximum absolute atomic E-state index is 12.5. The van der Waals surface area contributed by atoms with Crippen molar-refractivity contribution in [2.24, 2.45) is 0 Å². The number of ether oxygens (including phenoxy) is 1. The van der Waals surface area contributed by atoms with Crippen LogP contribution in [0, 0.1) is 0 Å². The number of hydrogen-bond donors (Lipinski definition) is 0. The third kappa shape index (κ3) is 3.88. The van der Waals surface area contributed by atoms with Gasteiger partial charge in [-0.05, 0) is 37.0 Å². The van der Waals surface area contributed by atoms with Crippen molar-refractivity contribution in [3.05, 3.63) is 42.1 Å². The second-order valence-electron chi connectivity index (χ2n) is 6.81. The molecule has 2 saturated heterocycles. The minimum Gasteiger partial charge on any atom is -0.472 e. The molecule has 0 unspecified atom stereocenters. The molecule has 0 spiro atoms. The maximum Gasteiger partial charge on any atom is 0.225 e. The van der Waals surface area contributed by atoms with Crippen LogP contribution in [-0.4, -0.2) is 53.6 Å². The van der Waals surface area contributed by atoms with Crippen LogP contribution in [0.3, 0.4) is 0 Å². The van der Waals surface area contributed by atoms with Crippen LogP contribution in [-0.2, 0) is 16.0 Å². The predicted octanol–water partition coefficient (Wildman–Crippen LogP) is 2.20. The zero-order chi connectivity index (χ0) is 17.8. The largest absolute Gasteiger partial charge is 0.472 e. The first kappa shape index (κ1) is 17.0. The first-order chi connectivity index (χ1) is 12.8. The van der Waals surface area contributed by atoms with Crippen LogP contribution in [0.5, 0.6) is 0 Å². The monoisotopic (exact) mass is 356 g/mol. The van der Waals surface area contributed by atoms with Gasteiger partial charge in [0.25, 0.3) is 0 Å². The van der Waals surface area contributed by atoms with Crippen LogP contribution in [0.2, 0.25) is 0 Å². The number of amides is 1. The van der Waals surface area contributed by atoms with Gasteiger partial charge in [-0.2, -0.15) is 0 Å². The lowest BCUT2D eigenvalue weighted by molar-refractivity contribution is -0.139. The van der Waals surface area contributed by atoms with E-state index < -0.39 is 0 Å². The fourth-order valence-electron chi connectivity index (χ4n) is 3.51. The van der Waals surface area contributed by atoms with Crippen LogP contribution >= 0.6 is 0 Å². The van der Waals surface area contributed by atoms with Gasteiger partial charge in [-0.15, -0.1) is 0 Å². The summed E-state index contributed by atoms with van der Waals surface area (Å²) in [5.41, 5.74) is 1.91. The number of morpholine rings is 1. The number of aryl methyl sites for hydroxylation is 1. The molecule has 2 aliphatic heterocycles. The minimum absolute atomic E-state index is 0.147. The number of rotatable bonds is 5. The molecule has 1 amide bonds. The molecule has 138 valence electrons. The second kappa shape index (κ2) is 7.86. The molecule has 2 aliphatic rings. The van der Waals surface area contributed by atoms with Crippen molar-refractivity contribution in [3.63, 3.8) is 0 Å². The van der Waals surface area contributed by atoms with E-state index in [1.54, 1.807) is 18.7 Å². The molecule has 0 radical (unpaired) electrons. The number of anilines is 1. The Labute approximate surface area is 153 Å². The van der Waals surface area contributed by atoms with Crippen LogP contribution in [0.15, 0.2) is 35.3 Å². The van der Waals surface area contributed by atoms with Crippen molar-refractivity contribution in [1.29, 1.82) is 0 Å². The SMILES string of the molecule is O=C(CCc1ccoc1)N1CCO[C@H](c2ccnc(N3CCCC3)n2)C1. The Morgan fingerprint density at radius 1 is 1.23 bits per heavy atom. The average molecular weight is 356 g/mol. The highest BCUT2D eigenvalue weighted by Crippen LogP contribution is 2.23. The Kier molecular flexibility index (Phi) is 5.15. The van der Waals surface area contributed by atoms with Crippen molar-refractivity contribution >= 4 is 11.9 Å². The highest BCUT2D eigenvalue weighted by atomic mass is 16.5. The molecule has 0 N–H and O–H groups in total. The number of furan rings is 1. The van der Waals surface area contributed by atoms with Crippen LogP contribution < -0.4 is 4.90 Å². The van der Waals surface area contributed by atoms with Crippen LogP contribution in [0.25, 0.3) is 0 Å². The van der Waals surface area contributed by atoms with E-state index in [1.165, 1.54) is 12.8 Å². The zero-order valence-corrected chi connectivity index (χ0v) is 14.8. The normalized spacial score (nSPS) is 20.5. The molecular formula is C19H24N4O3. The molecule has 7 heteroatoms. The van der Waals surface area contributed by atoms with Crippen LogP contribution in [0.4, 0.5) is 5.95 Å². The molecule has 7 nitrogen and oxygen atoms in total. The molecule has 4 heterocycles. The molecule has 0 aliphatic carbocycles. The van der Waals surface area contributed by atoms with Crippen molar-refractivity contribution in [2.75, 3.05) is 37.7 Å². The van der Waals surface area contributed by atoms with E-state index in [-0.39, 0.29) is 12.0 Å². The van der Waals surface area contributed by atoms with Crippen molar-refractivity contribution < 1.29 is 13.9 Å². The summed E-state index contributed by atoms with van der Waals surface area (Å²) in [4.78, 5) is 25.7. The molecule has 2 fully saturated rings. The number of nitrogens with zero attached hydrogens (tertiary/aromatic N) is 4. The van der Waals surface area contributed by atoms with E-state index in [0.717, 1.165) is 30.3 Å². The van der Waals surface area contributed by atoms with E-state index in [4.69, 9.17) is 14.1 Å². The van der Waals surface area contributed by atoms with E-state index >= 15 is 0 Å². The minimum atomic E-state index is -0.189. The van der Waals surface area contributed by atoms with Crippen molar-refractivity contribution in [2.45, 2.75) is 31.8 Å². The molecule has 0 aromatic carbocycles. The summed E-state index contributed by atoms with van der Waals surface area (Å²) in [6, 6.07) is 3.79. The lowest BCUT2D eigenvalue weighted by atomic mass is 10.1. The fraction of sp³-hybridized carbons (Fsp3) is 0.526. The van der Waals surface area contributed by atoms with Gasteiger partial charge in [-0.3, -0.25) is 4.79 Å². The van der Waals surface area contributed by atoms with Gasteiger partial charge in [-0.25, -0.2) is 9.97 Å². The number of carbonyl (C=O) groups is 1. The summed E-state index contributed by atoms with van der Waals surface area (Å²) < 4.78 is 11.0. The summed E-state index contributed by atoms with van der Waals surface area (Å²) in [7, 11) is 0. The molecule has 26 heavy (non-hydrogen) atoms. The van der Waals surface area contributed by atoms with Gasteiger partial charge in [-0.1, -0.05) is 0 Å². The van der Waals surface area contributed by atoms with Gasteiger partial charge in [0.05, 0.1) is 31.4 Å². The quantitative estimate of drug-likeness (QED) is 0.818. The van der Waals surface area contributed by atoms with Gasteiger partial charge in [0.2, 0.25) is 11.9 Å². The van der Waals surface area contributed by atoms with Crippen LogP contribution in [0.1, 0.15) is 36.6 Å². The summed E-state index contributed by atoms with van der Waals surface area (Å²) in [5.74, 6) is 0.917. The molecule has 4 rings (SSSR count). The Hall–Kier alpha value is -2.41. The zero-order valence-electron chi connectivity index (χ0n) is 14.8. The van der Waals surface area contributed by atoms with E-state index in [9.17, 15) is 4.79 Å². The number of aromatic nitrogens is 2. The smallest absolute Gasteiger partial charge is 0.225 e. The molecule has 2 aromatic rings. The molecular weight excluding hydrogens is 332 g/mol. The summed E-state index contributed by atoms with van der Waals surface area (Å²) in [5, 5.41) is 0. The van der Waals surface area contributed by atoms with E-state index in [0.29, 0.717) is 32.5 Å². The lowest BCUT2D eigenvalue weighted by Gasteiger charge is -2.33.